The summed E-state index contributed by atoms with van der Waals surface area (Å²) >= 11 is 0. The number of benzene rings is 1. The molecule has 0 aliphatic heterocycles. The highest BCUT2D eigenvalue weighted by Gasteiger charge is 2.39. The Morgan fingerprint density at radius 2 is 1.88 bits per heavy atom. The zero-order chi connectivity index (χ0) is 19.5. The van der Waals surface area contributed by atoms with Gasteiger partial charge in [0, 0.05) is 18.9 Å². The summed E-state index contributed by atoms with van der Waals surface area (Å²) in [4.78, 5) is 13.0. The summed E-state index contributed by atoms with van der Waals surface area (Å²) in [6.07, 6.45) is 0.958. The lowest BCUT2D eigenvalue weighted by atomic mass is 9.75. The number of rotatable bonds is 7. The Hall–Kier alpha value is -1.42. The van der Waals surface area contributed by atoms with Crippen LogP contribution in [-0.4, -0.2) is 18.4 Å². The molecule has 26 heavy (non-hydrogen) atoms. The predicted molar refractivity (Wildman–Crippen MR) is 105 cm³/mol. The number of hydrogen-bond donors (Lipinski definition) is 1. The van der Waals surface area contributed by atoms with Gasteiger partial charge in [-0.25, -0.2) is 9.65 Å². The van der Waals surface area contributed by atoms with Crippen molar-refractivity contribution in [3.05, 3.63) is 41.2 Å². The van der Waals surface area contributed by atoms with Crippen molar-refractivity contribution in [2.45, 2.75) is 60.4 Å². The van der Waals surface area contributed by atoms with Crippen LogP contribution in [0.1, 0.15) is 58.6 Å². The maximum atomic E-state index is 13.2. The molecule has 0 radical (unpaired) electrons. The number of aryl methyl sites for hydroxylation is 1. The first-order chi connectivity index (χ1) is 12.1. The Labute approximate surface area is 156 Å². The van der Waals surface area contributed by atoms with Crippen molar-refractivity contribution >= 4 is 19.1 Å². The van der Waals surface area contributed by atoms with Crippen molar-refractivity contribution < 1.29 is 18.4 Å². The first-order valence-electron chi connectivity index (χ1n) is 9.11. The van der Waals surface area contributed by atoms with Gasteiger partial charge in [0.05, 0.1) is 12.2 Å². The van der Waals surface area contributed by atoms with E-state index >= 15 is 0 Å². The summed E-state index contributed by atoms with van der Waals surface area (Å²) in [5.41, 5.74) is 2.08. The molecule has 6 heteroatoms. The molecule has 1 aromatic rings. The van der Waals surface area contributed by atoms with E-state index in [2.05, 4.69) is 5.09 Å². The van der Waals surface area contributed by atoms with Crippen molar-refractivity contribution in [2.24, 2.45) is 5.41 Å². The molecule has 5 nitrogen and oxygen atoms in total. The van der Waals surface area contributed by atoms with Crippen LogP contribution in [0.4, 0.5) is 0 Å². The van der Waals surface area contributed by atoms with Gasteiger partial charge in [-0.3, -0.25) is 9.32 Å². The van der Waals surface area contributed by atoms with Gasteiger partial charge in [-0.15, -0.1) is 0 Å². The second-order valence-electron chi connectivity index (χ2n) is 7.84. The number of nitrogens with one attached hydrogen (secondary N) is 1. The molecule has 0 bridgehead atoms. The van der Waals surface area contributed by atoms with Gasteiger partial charge in [-0.05, 0) is 44.2 Å². The van der Waals surface area contributed by atoms with Crippen molar-refractivity contribution in [1.82, 2.24) is 5.09 Å². The molecule has 144 valence electrons. The molecule has 0 heterocycles. The van der Waals surface area contributed by atoms with E-state index in [1.165, 1.54) is 0 Å². The van der Waals surface area contributed by atoms with Crippen LogP contribution in [0.15, 0.2) is 30.0 Å². The maximum Gasteiger partial charge on any atom is 0.458 e. The summed E-state index contributed by atoms with van der Waals surface area (Å²) in [7, 11) is -3.56. The van der Waals surface area contributed by atoms with E-state index in [4.69, 9.17) is 9.05 Å². The predicted octanol–water partition coefficient (Wildman–Crippen LogP) is 5.25. The molecule has 1 atom stereocenters. The van der Waals surface area contributed by atoms with Gasteiger partial charge in [0.25, 0.3) is 0 Å². The van der Waals surface area contributed by atoms with Crippen LogP contribution >= 0.6 is 7.75 Å². The topological polar surface area (TPSA) is 64.6 Å². The minimum atomic E-state index is -3.56. The molecule has 1 aliphatic rings. The van der Waals surface area contributed by atoms with Gasteiger partial charge < -0.3 is 4.52 Å². The minimum Gasteiger partial charge on any atom is -0.417 e. The van der Waals surface area contributed by atoms with Crippen LogP contribution in [0.3, 0.4) is 0 Å². The van der Waals surface area contributed by atoms with E-state index in [0.29, 0.717) is 24.2 Å². The normalized spacial score (nSPS) is 19.6. The highest BCUT2D eigenvalue weighted by atomic mass is 31.2. The number of carbonyl (C=O) groups excluding carboxylic acids is 1. The van der Waals surface area contributed by atoms with Crippen LogP contribution < -0.4 is 5.09 Å². The van der Waals surface area contributed by atoms with Gasteiger partial charge in [-0.1, -0.05) is 38.1 Å². The third kappa shape index (κ3) is 5.06. The molecule has 1 aliphatic carbocycles. The average Bonchev–Trinajstić information content (AvgIpc) is 2.46. The Bertz CT molecular complexity index is 752. The molecule has 0 spiro atoms. The Balaban J connectivity index is 2.56. The van der Waals surface area contributed by atoms with E-state index in [-0.39, 0.29) is 23.8 Å². The Kier molecular flexibility index (Phi) is 6.49. The second-order valence-corrected chi connectivity index (χ2v) is 9.54. The summed E-state index contributed by atoms with van der Waals surface area (Å²) in [5, 5.41) is 2.90. The third-order valence-corrected chi connectivity index (χ3v) is 6.09. The number of ketones is 1. The van der Waals surface area contributed by atoms with E-state index < -0.39 is 7.75 Å². The number of hydrogen-bond acceptors (Lipinski definition) is 4. The van der Waals surface area contributed by atoms with E-state index in [1.807, 2.05) is 58.9 Å². The van der Waals surface area contributed by atoms with E-state index in [1.54, 1.807) is 6.92 Å². The molecule has 1 unspecified atom stereocenters. The summed E-state index contributed by atoms with van der Waals surface area (Å²) in [5.74, 6) is 0.462. The molecule has 0 aromatic heterocycles. The Morgan fingerprint density at radius 3 is 2.46 bits per heavy atom. The van der Waals surface area contributed by atoms with Crippen molar-refractivity contribution in [3.63, 3.8) is 0 Å². The molecule has 0 saturated heterocycles. The van der Waals surface area contributed by atoms with E-state index in [9.17, 15) is 9.36 Å². The quantitative estimate of drug-likeness (QED) is 0.655. The third-order valence-electron chi connectivity index (χ3n) is 4.20. The van der Waals surface area contributed by atoms with Crippen LogP contribution in [0, 0.1) is 12.3 Å². The minimum absolute atomic E-state index is 0.0122. The molecule has 1 N–H and O–H groups in total. The Morgan fingerprint density at radius 1 is 1.23 bits per heavy atom. The monoisotopic (exact) mass is 379 g/mol. The van der Waals surface area contributed by atoms with Gasteiger partial charge in [0.2, 0.25) is 0 Å². The lowest BCUT2D eigenvalue weighted by Crippen LogP contribution is -2.28. The van der Waals surface area contributed by atoms with Crippen molar-refractivity contribution in [1.29, 1.82) is 0 Å². The van der Waals surface area contributed by atoms with E-state index in [0.717, 1.165) is 11.1 Å². The number of Topliss-reactive ketones (excluding diaryl/α,β-unsaturated/α-hetero) is 1. The van der Waals surface area contributed by atoms with Gasteiger partial charge in [0.15, 0.2) is 5.78 Å². The average molecular weight is 379 g/mol. The number of allylic oxidation sites excluding steroid dienone is 2. The van der Waals surface area contributed by atoms with Crippen molar-refractivity contribution in [3.8, 4) is 0 Å². The molecule has 0 saturated carbocycles. The highest BCUT2D eigenvalue weighted by molar-refractivity contribution is 7.51. The fourth-order valence-corrected chi connectivity index (χ4v) is 4.82. The van der Waals surface area contributed by atoms with Gasteiger partial charge in [0.1, 0.15) is 5.76 Å². The fraction of sp³-hybridized carbons (Fsp3) is 0.550. The SMILES string of the molecule is CCOP(=O)(NC(C)C)OC1=C(c2ccccc2C)C(=O)CC(C)(C)C1. The maximum absolute atomic E-state index is 13.2. The smallest absolute Gasteiger partial charge is 0.417 e. The van der Waals surface area contributed by atoms with Crippen LogP contribution in [-0.2, 0) is 18.4 Å². The molecule has 0 fully saturated rings. The summed E-state index contributed by atoms with van der Waals surface area (Å²) < 4.78 is 24.5. The second kappa shape index (κ2) is 8.08. The molecular weight excluding hydrogens is 349 g/mol. The highest BCUT2D eigenvalue weighted by Crippen LogP contribution is 2.52. The summed E-state index contributed by atoms with van der Waals surface area (Å²) in [6, 6.07) is 7.62. The zero-order valence-corrected chi connectivity index (χ0v) is 17.5. The lowest BCUT2D eigenvalue weighted by Gasteiger charge is -2.34. The molecular formula is C20H30NO4P. The van der Waals surface area contributed by atoms with Crippen molar-refractivity contribution in [2.75, 3.05) is 6.61 Å². The number of carbonyl (C=O) groups is 1. The molecule has 2 rings (SSSR count). The van der Waals surface area contributed by atoms with Crippen LogP contribution in [0.25, 0.3) is 5.57 Å². The zero-order valence-electron chi connectivity index (χ0n) is 16.6. The molecule has 1 aromatic carbocycles. The fourth-order valence-electron chi connectivity index (χ4n) is 3.22. The largest absolute Gasteiger partial charge is 0.458 e. The summed E-state index contributed by atoms with van der Waals surface area (Å²) in [6.45, 7) is 11.8. The first kappa shape index (κ1) is 20.9. The van der Waals surface area contributed by atoms with Crippen LogP contribution in [0.5, 0.6) is 0 Å². The standard InChI is InChI=1S/C20H30NO4P/c1-7-24-26(23,21-14(2)3)25-18-13-20(5,6)12-17(22)19(18)16-11-9-8-10-15(16)4/h8-11,14H,7,12-13H2,1-6H3,(H,21,23). The lowest BCUT2D eigenvalue weighted by molar-refractivity contribution is -0.116. The van der Waals surface area contributed by atoms with Crippen LogP contribution in [0.2, 0.25) is 0 Å². The first-order valence-corrected chi connectivity index (χ1v) is 10.7. The van der Waals surface area contributed by atoms with Gasteiger partial charge in [-0.2, -0.15) is 0 Å². The van der Waals surface area contributed by atoms with Gasteiger partial charge >= 0.3 is 7.75 Å². The molecule has 0 amide bonds.